The van der Waals surface area contributed by atoms with Crippen LogP contribution in [0.5, 0.6) is 0 Å². The summed E-state index contributed by atoms with van der Waals surface area (Å²) >= 11 is 0. The minimum Gasteiger partial charge on any atom is -0.376 e. The largest absolute Gasteiger partial charge is 0.376 e. The number of aromatic amines is 1. The highest BCUT2D eigenvalue weighted by Gasteiger charge is 2.24. The Hall–Kier alpha value is -2.13. The van der Waals surface area contributed by atoms with Crippen LogP contribution in [0, 0.1) is 5.92 Å². The van der Waals surface area contributed by atoms with E-state index in [-0.39, 0.29) is 24.0 Å². The van der Waals surface area contributed by atoms with Crippen molar-refractivity contribution in [2.45, 2.75) is 25.9 Å². The van der Waals surface area contributed by atoms with Gasteiger partial charge in [-0.25, -0.2) is 4.98 Å². The smallest absolute Gasteiger partial charge is 0.193 e. The molecule has 1 saturated heterocycles. The number of fused-ring (bicyclic) bond motifs is 1. The zero-order valence-corrected chi connectivity index (χ0v) is 20.4. The molecule has 2 heterocycles. The van der Waals surface area contributed by atoms with Gasteiger partial charge in [0.1, 0.15) is 5.82 Å². The molecule has 0 amide bonds. The summed E-state index contributed by atoms with van der Waals surface area (Å²) in [6.45, 7) is 4.40. The van der Waals surface area contributed by atoms with E-state index in [4.69, 9.17) is 4.74 Å². The highest BCUT2D eigenvalue weighted by Crippen LogP contribution is 2.17. The van der Waals surface area contributed by atoms with Crippen molar-refractivity contribution in [3.05, 3.63) is 66.0 Å². The number of rotatable bonds is 8. The molecule has 4 rings (SSSR count). The summed E-state index contributed by atoms with van der Waals surface area (Å²) in [5.74, 6) is 2.60. The second kappa shape index (κ2) is 12.0. The number of imidazole rings is 1. The molecule has 3 aromatic rings. The molecule has 7 heteroatoms. The van der Waals surface area contributed by atoms with Crippen LogP contribution in [0.25, 0.3) is 11.0 Å². The van der Waals surface area contributed by atoms with Gasteiger partial charge < -0.3 is 19.9 Å². The second-order valence-corrected chi connectivity index (χ2v) is 7.88. The maximum Gasteiger partial charge on any atom is 0.193 e. The summed E-state index contributed by atoms with van der Waals surface area (Å²) in [5.41, 5.74) is 3.37. The van der Waals surface area contributed by atoms with E-state index in [2.05, 4.69) is 55.5 Å². The van der Waals surface area contributed by atoms with Gasteiger partial charge in [0.25, 0.3) is 0 Å². The Morgan fingerprint density at radius 1 is 1.19 bits per heavy atom. The molecule has 166 valence electrons. The third-order valence-electron chi connectivity index (χ3n) is 5.57. The molecule has 0 bridgehead atoms. The van der Waals surface area contributed by atoms with Gasteiger partial charge in [-0.05, 0) is 30.5 Å². The lowest BCUT2D eigenvalue weighted by Crippen LogP contribution is -2.40. The number of halogens is 1. The van der Waals surface area contributed by atoms with Crippen LogP contribution in [0.1, 0.15) is 24.2 Å². The van der Waals surface area contributed by atoms with Crippen molar-refractivity contribution in [3.63, 3.8) is 0 Å². The van der Waals surface area contributed by atoms with Crippen LogP contribution in [0.4, 0.5) is 0 Å². The van der Waals surface area contributed by atoms with Crippen molar-refractivity contribution >= 4 is 41.0 Å². The van der Waals surface area contributed by atoms with Gasteiger partial charge in [0.2, 0.25) is 0 Å². The molecule has 0 aliphatic carbocycles. The predicted octanol–water partition coefficient (Wildman–Crippen LogP) is 4.23. The number of nitrogens with one attached hydrogen (secondary N) is 2. The predicted molar refractivity (Wildman–Crippen MR) is 137 cm³/mol. The fraction of sp³-hybridized carbons (Fsp3) is 0.417. The van der Waals surface area contributed by atoms with E-state index in [1.54, 1.807) is 0 Å². The molecule has 1 aliphatic heterocycles. The molecular formula is C24H32IN5O. The molecule has 0 saturated carbocycles. The number of aryl methyl sites for hydroxylation is 1. The molecule has 1 atom stereocenters. The van der Waals surface area contributed by atoms with Crippen LogP contribution in [0.2, 0.25) is 0 Å². The van der Waals surface area contributed by atoms with E-state index in [0.717, 1.165) is 68.3 Å². The standard InChI is InChI=1S/C24H31N5O.HI/c1-25-24(26-14-7-12-23-27-21-10-5-6-11-22(21)28-23)29-15-13-20(16-29)18-30-17-19-8-3-2-4-9-19;/h2-6,8-11,20H,7,12-18H2,1H3,(H,25,26)(H,27,28);1H. The molecule has 1 aliphatic rings. The van der Waals surface area contributed by atoms with Crippen molar-refractivity contribution in [2.75, 3.05) is 33.3 Å². The molecule has 1 unspecified atom stereocenters. The average Bonchev–Trinajstić information content (AvgIpc) is 3.41. The summed E-state index contributed by atoms with van der Waals surface area (Å²) in [5, 5.41) is 3.51. The number of aromatic nitrogens is 2. The minimum atomic E-state index is 0. The highest BCUT2D eigenvalue weighted by atomic mass is 127. The lowest BCUT2D eigenvalue weighted by Gasteiger charge is -2.21. The van der Waals surface area contributed by atoms with Crippen molar-refractivity contribution in [3.8, 4) is 0 Å². The van der Waals surface area contributed by atoms with Crippen LogP contribution in [0.15, 0.2) is 59.6 Å². The van der Waals surface area contributed by atoms with Crippen LogP contribution in [-0.4, -0.2) is 54.1 Å². The topological polar surface area (TPSA) is 65.5 Å². The summed E-state index contributed by atoms with van der Waals surface area (Å²) in [6.07, 6.45) is 3.08. The summed E-state index contributed by atoms with van der Waals surface area (Å²) < 4.78 is 5.94. The Morgan fingerprint density at radius 2 is 2.00 bits per heavy atom. The van der Waals surface area contributed by atoms with Gasteiger partial charge in [0.05, 0.1) is 24.2 Å². The maximum absolute atomic E-state index is 5.94. The Bertz CT molecular complexity index is 926. The van der Waals surface area contributed by atoms with Crippen molar-refractivity contribution in [1.29, 1.82) is 0 Å². The first kappa shape index (κ1) is 23.5. The van der Waals surface area contributed by atoms with Crippen LogP contribution in [-0.2, 0) is 17.8 Å². The summed E-state index contributed by atoms with van der Waals surface area (Å²) in [6, 6.07) is 18.5. The van der Waals surface area contributed by atoms with Crippen LogP contribution in [0.3, 0.4) is 0 Å². The Morgan fingerprint density at radius 3 is 2.81 bits per heavy atom. The molecule has 1 fully saturated rings. The number of guanidine groups is 1. The molecule has 1 aromatic heterocycles. The van der Waals surface area contributed by atoms with E-state index in [1.807, 2.05) is 31.3 Å². The zero-order valence-electron chi connectivity index (χ0n) is 18.1. The van der Waals surface area contributed by atoms with Gasteiger partial charge in [-0.15, -0.1) is 24.0 Å². The third-order valence-corrected chi connectivity index (χ3v) is 5.57. The van der Waals surface area contributed by atoms with Crippen molar-refractivity contribution in [1.82, 2.24) is 20.2 Å². The van der Waals surface area contributed by atoms with Crippen LogP contribution < -0.4 is 5.32 Å². The normalized spacial score (nSPS) is 16.5. The molecule has 6 nitrogen and oxygen atoms in total. The van der Waals surface area contributed by atoms with E-state index in [1.165, 1.54) is 5.56 Å². The molecular weight excluding hydrogens is 501 g/mol. The number of hydrogen-bond acceptors (Lipinski definition) is 3. The Balaban J connectivity index is 0.00000272. The third kappa shape index (κ3) is 6.67. The van der Waals surface area contributed by atoms with E-state index >= 15 is 0 Å². The molecule has 2 aromatic carbocycles. The van der Waals surface area contributed by atoms with Crippen LogP contribution >= 0.6 is 24.0 Å². The first-order chi connectivity index (χ1) is 14.8. The van der Waals surface area contributed by atoms with Gasteiger partial charge in [-0.3, -0.25) is 4.99 Å². The zero-order chi connectivity index (χ0) is 20.6. The maximum atomic E-state index is 5.94. The van der Waals surface area contributed by atoms with Gasteiger partial charge in [0, 0.05) is 39.0 Å². The summed E-state index contributed by atoms with van der Waals surface area (Å²) in [7, 11) is 1.86. The fourth-order valence-electron chi connectivity index (χ4n) is 3.99. The highest BCUT2D eigenvalue weighted by molar-refractivity contribution is 14.0. The number of H-pyrrole nitrogens is 1. The fourth-order valence-corrected chi connectivity index (χ4v) is 3.99. The van der Waals surface area contributed by atoms with Crippen molar-refractivity contribution < 1.29 is 4.74 Å². The second-order valence-electron chi connectivity index (χ2n) is 7.88. The quantitative estimate of drug-likeness (QED) is 0.197. The molecule has 31 heavy (non-hydrogen) atoms. The number of hydrogen-bond donors (Lipinski definition) is 2. The van der Waals surface area contributed by atoms with E-state index in [9.17, 15) is 0 Å². The number of ether oxygens (including phenoxy) is 1. The number of benzene rings is 2. The minimum absolute atomic E-state index is 0. The lowest BCUT2D eigenvalue weighted by atomic mass is 10.1. The van der Waals surface area contributed by atoms with Gasteiger partial charge >= 0.3 is 0 Å². The molecule has 0 spiro atoms. The number of aliphatic imine (C=N–C) groups is 1. The first-order valence-corrected chi connectivity index (χ1v) is 10.8. The average molecular weight is 533 g/mol. The monoisotopic (exact) mass is 533 g/mol. The molecule has 0 radical (unpaired) electrons. The van der Waals surface area contributed by atoms with Gasteiger partial charge in [-0.1, -0.05) is 42.5 Å². The van der Waals surface area contributed by atoms with E-state index < -0.39 is 0 Å². The van der Waals surface area contributed by atoms with Gasteiger partial charge in [0.15, 0.2) is 5.96 Å². The lowest BCUT2D eigenvalue weighted by molar-refractivity contribution is 0.0907. The number of likely N-dealkylation sites (tertiary alicyclic amines) is 1. The first-order valence-electron chi connectivity index (χ1n) is 10.8. The SMILES string of the molecule is CN=C(NCCCc1nc2ccccc2[nH]1)N1CCC(COCc2ccccc2)C1.I. The van der Waals surface area contributed by atoms with Crippen molar-refractivity contribution in [2.24, 2.45) is 10.9 Å². The Labute approximate surface area is 201 Å². The molecule has 2 N–H and O–H groups in total. The number of nitrogens with zero attached hydrogens (tertiary/aromatic N) is 3. The van der Waals surface area contributed by atoms with E-state index in [0.29, 0.717) is 12.5 Å². The van der Waals surface area contributed by atoms with Gasteiger partial charge in [-0.2, -0.15) is 0 Å². The number of para-hydroxylation sites is 2. The Kier molecular flexibility index (Phi) is 9.14. The summed E-state index contributed by atoms with van der Waals surface area (Å²) in [4.78, 5) is 14.9.